The minimum Gasteiger partial charge on any atom is -0.385 e. The Kier molecular flexibility index (Phi) is 9.01. The van der Waals surface area contributed by atoms with E-state index >= 15 is 0 Å². The Balaban J connectivity index is 1.08. The van der Waals surface area contributed by atoms with Gasteiger partial charge in [0.25, 0.3) is 10.0 Å². The first-order valence-electron chi connectivity index (χ1n) is 15.3. The first kappa shape index (κ1) is 30.8. The molecule has 1 unspecified atom stereocenters. The van der Waals surface area contributed by atoms with E-state index in [2.05, 4.69) is 0 Å². The smallest absolute Gasteiger partial charge is 0.268 e. The van der Waals surface area contributed by atoms with Gasteiger partial charge < -0.3 is 28.8 Å². The molecule has 2 aliphatic rings. The molecule has 238 valence electrons. The van der Waals surface area contributed by atoms with E-state index in [1.54, 1.807) is 42.6 Å². The third-order valence-corrected chi connectivity index (χ3v) is 10.1. The highest BCUT2D eigenvalue weighted by atomic mass is 32.2. The number of hydrogen-bond donors (Lipinski definition) is 1. The normalized spacial score (nSPS) is 24.9. The summed E-state index contributed by atoms with van der Waals surface area (Å²) in [6, 6.07) is 35.1. The summed E-state index contributed by atoms with van der Waals surface area (Å²) in [4.78, 5) is 0.208. The van der Waals surface area contributed by atoms with Crippen molar-refractivity contribution in [1.82, 2.24) is 3.97 Å². The van der Waals surface area contributed by atoms with Crippen molar-refractivity contribution in [1.29, 1.82) is 0 Å². The van der Waals surface area contributed by atoms with Crippen LogP contribution in [0.25, 0.3) is 10.9 Å². The average Bonchev–Trinajstić information content (AvgIpc) is 3.48. The van der Waals surface area contributed by atoms with Gasteiger partial charge in [-0.25, -0.2) is 12.4 Å². The van der Waals surface area contributed by atoms with E-state index in [0.29, 0.717) is 11.9 Å². The van der Waals surface area contributed by atoms with Crippen molar-refractivity contribution in [2.24, 2.45) is 0 Å². The van der Waals surface area contributed by atoms with Gasteiger partial charge in [0.05, 0.1) is 30.2 Å². The quantitative estimate of drug-likeness (QED) is 0.221. The summed E-state index contributed by atoms with van der Waals surface area (Å²) in [6.07, 6.45) is -2.64. The molecule has 1 N–H and O–H groups in total. The number of fused-ring (bicyclic) bond motifs is 2. The molecule has 3 heterocycles. The predicted molar refractivity (Wildman–Crippen MR) is 170 cm³/mol. The lowest BCUT2D eigenvalue weighted by atomic mass is 9.97. The topological polar surface area (TPSA) is 105 Å². The van der Waals surface area contributed by atoms with Crippen LogP contribution in [0.15, 0.2) is 126 Å². The Labute approximate surface area is 267 Å². The number of benzene rings is 4. The fourth-order valence-corrected chi connectivity index (χ4v) is 7.46. The summed E-state index contributed by atoms with van der Waals surface area (Å²) >= 11 is 0. The maximum atomic E-state index is 13.5. The zero-order valence-electron chi connectivity index (χ0n) is 25.0. The molecule has 10 heteroatoms. The lowest BCUT2D eigenvalue weighted by Gasteiger charge is -2.47. The van der Waals surface area contributed by atoms with Crippen molar-refractivity contribution < 1.29 is 37.2 Å². The van der Waals surface area contributed by atoms with E-state index in [1.807, 2.05) is 78.9 Å². The molecule has 0 aliphatic carbocycles. The van der Waals surface area contributed by atoms with Gasteiger partial charge in [0.1, 0.15) is 24.4 Å². The highest BCUT2D eigenvalue weighted by Crippen LogP contribution is 2.36. The van der Waals surface area contributed by atoms with Crippen molar-refractivity contribution in [2.75, 3.05) is 13.2 Å². The molecule has 0 saturated carbocycles. The summed E-state index contributed by atoms with van der Waals surface area (Å²) < 4.78 is 59.4. The lowest BCUT2D eigenvalue weighted by molar-refractivity contribution is -0.366. The number of rotatable bonds is 10. The maximum Gasteiger partial charge on any atom is 0.268 e. The van der Waals surface area contributed by atoms with E-state index in [4.69, 9.17) is 23.7 Å². The van der Waals surface area contributed by atoms with Gasteiger partial charge in [-0.15, -0.1) is 0 Å². The summed E-state index contributed by atoms with van der Waals surface area (Å²) in [6.45, 7) is 0.666. The second-order valence-corrected chi connectivity index (χ2v) is 13.2. The van der Waals surface area contributed by atoms with Crippen LogP contribution in [-0.2, 0) is 46.7 Å². The molecule has 0 spiro atoms. The number of ether oxygens (including phenoxy) is 5. The van der Waals surface area contributed by atoms with Crippen molar-refractivity contribution in [3.63, 3.8) is 0 Å². The van der Waals surface area contributed by atoms with E-state index in [1.165, 1.54) is 3.97 Å². The minimum atomic E-state index is -3.81. The number of nitrogens with zero attached hydrogens (tertiary/aromatic N) is 1. The van der Waals surface area contributed by atoms with Crippen molar-refractivity contribution in [2.45, 2.75) is 54.9 Å². The predicted octanol–water partition coefficient (Wildman–Crippen LogP) is 5.22. The molecule has 46 heavy (non-hydrogen) atoms. The van der Waals surface area contributed by atoms with Gasteiger partial charge >= 0.3 is 0 Å². The van der Waals surface area contributed by atoms with E-state index < -0.39 is 47.0 Å². The fourth-order valence-electron chi connectivity index (χ4n) is 6.04. The Morgan fingerprint density at radius 2 is 1.48 bits per heavy atom. The Morgan fingerprint density at radius 3 is 2.24 bits per heavy atom. The van der Waals surface area contributed by atoms with E-state index in [0.717, 1.165) is 22.1 Å². The summed E-state index contributed by atoms with van der Waals surface area (Å²) in [5.41, 5.74) is 3.20. The van der Waals surface area contributed by atoms with Crippen LogP contribution < -0.4 is 0 Å². The van der Waals surface area contributed by atoms with Crippen LogP contribution >= 0.6 is 0 Å². The van der Waals surface area contributed by atoms with Gasteiger partial charge in [-0.3, -0.25) is 0 Å². The first-order chi connectivity index (χ1) is 22.5. The molecule has 2 fully saturated rings. The molecule has 7 rings (SSSR count). The van der Waals surface area contributed by atoms with Crippen LogP contribution in [0, 0.1) is 0 Å². The molecule has 4 aromatic carbocycles. The monoisotopic (exact) mass is 641 g/mol. The number of hydrogen-bond acceptors (Lipinski definition) is 8. The van der Waals surface area contributed by atoms with Gasteiger partial charge in [-0.1, -0.05) is 97.1 Å². The number of para-hydroxylation sites is 1. The Hall–Kier alpha value is -3.87. The molecule has 2 aliphatic heterocycles. The zero-order valence-corrected chi connectivity index (χ0v) is 25.8. The highest BCUT2D eigenvalue weighted by molar-refractivity contribution is 7.90. The fraction of sp³-hybridized carbons (Fsp3) is 0.278. The summed E-state index contributed by atoms with van der Waals surface area (Å²) in [5, 5.41) is 12.3. The molecule has 0 bridgehead atoms. The van der Waals surface area contributed by atoms with Gasteiger partial charge in [0.15, 0.2) is 12.6 Å². The largest absolute Gasteiger partial charge is 0.385 e. The molecule has 2 saturated heterocycles. The summed E-state index contributed by atoms with van der Waals surface area (Å²) in [5.74, 6) is 0. The number of aromatic nitrogens is 1. The maximum absolute atomic E-state index is 13.5. The molecular weight excluding hydrogens is 606 g/mol. The van der Waals surface area contributed by atoms with Crippen LogP contribution in [0.1, 0.15) is 23.0 Å². The third kappa shape index (κ3) is 6.25. The lowest BCUT2D eigenvalue weighted by Crippen LogP contribution is -2.63. The van der Waals surface area contributed by atoms with Crippen molar-refractivity contribution in [3.05, 3.63) is 138 Å². The summed E-state index contributed by atoms with van der Waals surface area (Å²) in [7, 11) is -3.81. The highest BCUT2D eigenvalue weighted by Gasteiger charge is 2.50. The number of aliphatic hydroxyl groups is 1. The van der Waals surface area contributed by atoms with Gasteiger partial charge in [-0.2, -0.15) is 0 Å². The molecule has 6 atom stereocenters. The van der Waals surface area contributed by atoms with Crippen LogP contribution in [0.2, 0.25) is 0 Å². The van der Waals surface area contributed by atoms with Gasteiger partial charge in [-0.05, 0) is 35.7 Å². The standard InChI is InChI=1S/C36H35NO8S/c38-32-34(42-23-25-12-4-1-5-13-25)33-31(24-43-35(45-33)26-14-6-2-7-15-26)44-36(32)41-21-20-27-22-37(30-19-11-10-18-29(27)30)46(39,40)28-16-8-3-9-17-28/h1-19,22,31-36,38H,20-21,23-24H2/t31-,32+,33-,34-,35?,36-/m0/s1. The average molecular weight is 642 g/mol. The first-order valence-corrected chi connectivity index (χ1v) is 16.8. The van der Waals surface area contributed by atoms with Crippen LogP contribution in [-0.4, -0.2) is 61.4 Å². The number of aliphatic hydroxyl groups excluding tert-OH is 1. The van der Waals surface area contributed by atoms with E-state index in [-0.39, 0.29) is 24.7 Å². The minimum absolute atomic E-state index is 0.165. The third-order valence-electron chi connectivity index (χ3n) is 8.38. The van der Waals surface area contributed by atoms with Crippen molar-refractivity contribution in [3.8, 4) is 0 Å². The van der Waals surface area contributed by atoms with Crippen LogP contribution in [0.4, 0.5) is 0 Å². The molecule has 9 nitrogen and oxygen atoms in total. The van der Waals surface area contributed by atoms with Crippen LogP contribution in [0.3, 0.4) is 0 Å². The zero-order chi connectivity index (χ0) is 31.5. The molecule has 0 radical (unpaired) electrons. The second kappa shape index (κ2) is 13.5. The van der Waals surface area contributed by atoms with Crippen molar-refractivity contribution >= 4 is 20.9 Å². The molecule has 5 aromatic rings. The second-order valence-electron chi connectivity index (χ2n) is 11.4. The molecular formula is C36H35NO8S. The van der Waals surface area contributed by atoms with E-state index in [9.17, 15) is 13.5 Å². The van der Waals surface area contributed by atoms with Gasteiger partial charge in [0.2, 0.25) is 0 Å². The molecule has 1 aromatic heterocycles. The Bertz CT molecular complexity index is 1850. The molecule has 0 amide bonds. The SMILES string of the molecule is O=S(=O)(c1ccccc1)n1cc(CCO[C@H]2O[C@H]3COC(c4ccccc4)O[C@@H]3[C@@H](OCc3ccccc3)[C@H]2O)c2ccccc21. The van der Waals surface area contributed by atoms with Gasteiger partial charge in [0, 0.05) is 17.1 Å². The Morgan fingerprint density at radius 1 is 0.804 bits per heavy atom. The van der Waals surface area contributed by atoms with Crippen LogP contribution in [0.5, 0.6) is 0 Å².